The van der Waals surface area contributed by atoms with Crippen LogP contribution < -0.4 is 0 Å². The van der Waals surface area contributed by atoms with Gasteiger partial charge in [-0.15, -0.1) is 0 Å². The van der Waals surface area contributed by atoms with Crippen LogP contribution in [-0.4, -0.2) is 31.7 Å². The fourth-order valence-corrected chi connectivity index (χ4v) is 10.2. The zero-order chi connectivity index (χ0) is 33.8. The summed E-state index contributed by atoms with van der Waals surface area (Å²) < 4.78 is 26.6. The van der Waals surface area contributed by atoms with Crippen molar-refractivity contribution in [3.05, 3.63) is 144 Å². The van der Waals surface area contributed by atoms with E-state index in [-0.39, 0.29) is 24.2 Å². The first-order valence-corrected chi connectivity index (χ1v) is 19.7. The third-order valence-electron chi connectivity index (χ3n) is 12.6. The number of hydrogen-bond acceptors (Lipinski definition) is 3. The molecule has 4 fully saturated rings. The largest absolute Gasteiger partial charge is 0.605 e. The molecule has 2 saturated heterocycles. The van der Waals surface area contributed by atoms with E-state index in [0.717, 1.165) is 6.32 Å². The molecule has 5 heteroatoms. The Morgan fingerprint density at radius 1 is 0.600 bits per heavy atom. The molecule has 0 aromatic heterocycles. The first-order valence-electron chi connectivity index (χ1n) is 19.7. The van der Waals surface area contributed by atoms with Gasteiger partial charge < -0.3 is 18.3 Å². The fourth-order valence-electron chi connectivity index (χ4n) is 10.2. The normalized spacial score (nSPS) is 28.6. The van der Waals surface area contributed by atoms with Crippen LogP contribution in [0.15, 0.2) is 121 Å². The second-order valence-corrected chi connectivity index (χ2v) is 15.7. The van der Waals surface area contributed by atoms with Gasteiger partial charge in [-0.25, -0.2) is 0 Å². The first-order chi connectivity index (χ1) is 24.7. The van der Waals surface area contributed by atoms with Crippen molar-refractivity contribution in [3.8, 4) is 0 Å². The first kappa shape index (κ1) is 33.9. The molecule has 50 heavy (non-hydrogen) atoms. The molecule has 1 spiro atoms. The van der Waals surface area contributed by atoms with E-state index in [4.69, 9.17) is 14.0 Å². The minimum Gasteiger partial charge on any atom is -0.605 e. The van der Waals surface area contributed by atoms with E-state index in [2.05, 4.69) is 133 Å². The molecule has 0 N–H and O–H groups in total. The summed E-state index contributed by atoms with van der Waals surface area (Å²) in [5, 5.41) is 0. The van der Waals surface area contributed by atoms with Gasteiger partial charge in [-0.1, -0.05) is 167 Å². The summed E-state index contributed by atoms with van der Waals surface area (Å²) in [5.74, 6) is 1.34. The van der Waals surface area contributed by atoms with Crippen LogP contribution in [-0.2, 0) is 30.5 Å². The molecule has 0 bridgehead atoms. The van der Waals surface area contributed by atoms with Gasteiger partial charge in [0, 0.05) is 28.9 Å². The zero-order valence-corrected chi connectivity index (χ0v) is 29.9. The standard InChI is InChI=1S/C45H55BO4/c1-35-32-46(48-43(37-22-10-3-11-23-37)44(49-46)38-24-12-4-13-25-38)50(34-42(35)47-33-36-20-8-2-9-21-36)45(39-26-14-5-15-27-39,40-28-16-6-17-29-40)41-30-18-7-19-31-41/h2,5-9,14-21,26-31,35,37-38,42-44H,3-4,10-13,22-25,32-34H2,1H3/t35-,42+,43-,44+,46?/m1/s1. The van der Waals surface area contributed by atoms with Crippen LogP contribution in [0.25, 0.3) is 0 Å². The average molecular weight is 671 g/mol. The molecule has 262 valence electrons. The number of rotatable bonds is 9. The molecule has 2 heterocycles. The molecule has 5 atom stereocenters. The number of benzene rings is 4. The Balaban J connectivity index is 1.30. The molecule has 8 rings (SSSR count). The van der Waals surface area contributed by atoms with Gasteiger partial charge in [0.2, 0.25) is 0 Å². The molecular weight excluding hydrogens is 615 g/mol. The third kappa shape index (κ3) is 6.52. The Bertz CT molecular complexity index is 1500. The van der Waals surface area contributed by atoms with Gasteiger partial charge in [-0.05, 0) is 55.3 Å². The predicted molar refractivity (Wildman–Crippen MR) is 203 cm³/mol. The van der Waals surface area contributed by atoms with Crippen molar-refractivity contribution in [1.82, 2.24) is 0 Å². The summed E-state index contributed by atoms with van der Waals surface area (Å²) in [6, 6.07) is 43.8. The molecule has 0 radical (unpaired) electrons. The van der Waals surface area contributed by atoms with Gasteiger partial charge in [0.15, 0.2) is 5.60 Å². The van der Waals surface area contributed by atoms with Crippen molar-refractivity contribution in [3.63, 3.8) is 0 Å². The molecule has 1 unspecified atom stereocenters. The summed E-state index contributed by atoms with van der Waals surface area (Å²) in [6.07, 6.45) is 13.8. The molecule has 0 amide bonds. The van der Waals surface area contributed by atoms with Gasteiger partial charge in [0.25, 0.3) is 0 Å². The topological polar surface area (TPSA) is 30.4 Å². The van der Waals surface area contributed by atoms with Gasteiger partial charge in [0.05, 0.1) is 6.61 Å². The quantitative estimate of drug-likeness (QED) is 0.101. The Labute approximate surface area is 300 Å². The van der Waals surface area contributed by atoms with Crippen molar-refractivity contribution < 1.29 is 18.3 Å². The van der Waals surface area contributed by atoms with Gasteiger partial charge in [-0.2, -0.15) is 0 Å². The van der Waals surface area contributed by atoms with E-state index in [1.54, 1.807) is 0 Å². The van der Waals surface area contributed by atoms with Crippen molar-refractivity contribution in [2.75, 3.05) is 6.61 Å². The van der Waals surface area contributed by atoms with E-state index in [1.165, 1.54) is 86.5 Å². The maximum Gasteiger partial charge on any atom is 0.571 e. The monoisotopic (exact) mass is 670 g/mol. The maximum atomic E-state index is 7.83. The Kier molecular flexibility index (Phi) is 10.3. The van der Waals surface area contributed by atoms with Crippen LogP contribution in [0.4, 0.5) is 0 Å². The molecule has 2 aliphatic carbocycles. The van der Waals surface area contributed by atoms with Crippen LogP contribution in [0.3, 0.4) is 0 Å². The highest BCUT2D eigenvalue weighted by Gasteiger charge is 2.66. The second kappa shape index (κ2) is 15.2. The Morgan fingerprint density at radius 2 is 1.02 bits per heavy atom. The molecule has 4 aliphatic rings. The maximum absolute atomic E-state index is 7.83. The lowest BCUT2D eigenvalue weighted by Gasteiger charge is -2.59. The smallest absolute Gasteiger partial charge is 0.571 e. The third-order valence-corrected chi connectivity index (χ3v) is 12.6. The summed E-state index contributed by atoms with van der Waals surface area (Å²) in [6.45, 7) is 1.60. The van der Waals surface area contributed by atoms with Gasteiger partial charge >= 0.3 is 6.75 Å². The lowest BCUT2D eigenvalue weighted by Crippen LogP contribution is -2.65. The molecule has 4 aromatic rings. The SMILES string of the molecule is C[C@@H]1C[B-]2(O[C@H](C3CCCCC3)[C@H](C3CCCCC3)O2)[O+](C(c2ccccc2)(c2ccccc2)c2ccccc2)C[C@@H]1OCc1ccccc1. The summed E-state index contributed by atoms with van der Waals surface area (Å²) >= 11 is 0. The summed E-state index contributed by atoms with van der Waals surface area (Å²) in [4.78, 5) is 0. The molecule has 2 aliphatic heterocycles. The van der Waals surface area contributed by atoms with E-state index in [1.807, 2.05) is 0 Å². The molecular formula is C45H55BO4. The zero-order valence-electron chi connectivity index (χ0n) is 29.9. The van der Waals surface area contributed by atoms with Crippen LogP contribution in [0, 0.1) is 17.8 Å². The van der Waals surface area contributed by atoms with E-state index < -0.39 is 12.4 Å². The predicted octanol–water partition coefficient (Wildman–Crippen LogP) is 10.6. The highest BCUT2D eigenvalue weighted by molar-refractivity contribution is 6.62. The highest BCUT2D eigenvalue weighted by Crippen LogP contribution is 2.56. The summed E-state index contributed by atoms with van der Waals surface area (Å²) in [7, 11) is 0. The van der Waals surface area contributed by atoms with Crippen molar-refractivity contribution in [1.29, 1.82) is 0 Å². The second-order valence-electron chi connectivity index (χ2n) is 15.7. The number of hydrogen-bond donors (Lipinski definition) is 0. The lowest BCUT2D eigenvalue weighted by molar-refractivity contribution is -0.215. The average Bonchev–Trinajstić information content (AvgIpc) is 3.57. The number of ether oxygens (including phenoxy) is 1. The Hall–Kier alpha value is -3.22. The molecule has 2 saturated carbocycles. The van der Waals surface area contributed by atoms with Crippen LogP contribution in [0.2, 0.25) is 6.32 Å². The van der Waals surface area contributed by atoms with Gasteiger partial charge in [-0.3, -0.25) is 0 Å². The van der Waals surface area contributed by atoms with Crippen molar-refractivity contribution in [2.24, 2.45) is 17.8 Å². The van der Waals surface area contributed by atoms with Gasteiger partial charge in [0.1, 0.15) is 12.7 Å². The van der Waals surface area contributed by atoms with E-state index in [0.29, 0.717) is 25.0 Å². The van der Waals surface area contributed by atoms with Crippen molar-refractivity contribution in [2.45, 2.75) is 108 Å². The van der Waals surface area contributed by atoms with E-state index in [9.17, 15) is 0 Å². The van der Waals surface area contributed by atoms with Crippen LogP contribution in [0.5, 0.6) is 0 Å². The van der Waals surface area contributed by atoms with Crippen LogP contribution >= 0.6 is 0 Å². The fraction of sp³-hybridized carbons (Fsp3) is 0.467. The van der Waals surface area contributed by atoms with Crippen LogP contribution in [0.1, 0.15) is 93.4 Å². The molecule has 4 aromatic carbocycles. The minimum absolute atomic E-state index is 0.0303. The summed E-state index contributed by atoms with van der Waals surface area (Å²) in [5.41, 5.74) is 4.05. The highest BCUT2D eigenvalue weighted by atomic mass is 16.9. The van der Waals surface area contributed by atoms with E-state index >= 15 is 0 Å². The van der Waals surface area contributed by atoms with Crippen molar-refractivity contribution >= 4 is 6.75 Å². The molecule has 4 nitrogen and oxygen atoms in total. The Morgan fingerprint density at radius 3 is 1.46 bits per heavy atom. The lowest BCUT2D eigenvalue weighted by atomic mass is 9.61. The minimum atomic E-state index is -1.97.